The molecule has 0 amide bonds. The van der Waals surface area contributed by atoms with Crippen LogP contribution in [-0.2, 0) is 0 Å². The summed E-state index contributed by atoms with van der Waals surface area (Å²) in [5.74, 6) is 0.876. The second kappa shape index (κ2) is 8.01. The van der Waals surface area contributed by atoms with Crippen molar-refractivity contribution in [1.82, 2.24) is 10.2 Å². The molecule has 14 heavy (non-hydrogen) atoms. The standard InChI is InChI=1S/C10H22N2.C2H4/c1-4-6-11-10-8-12(3)7-9(10)5-2;1-2/h9-11H,4-8H2,1-3H3;1-2H2. The molecule has 0 aromatic carbocycles. The van der Waals surface area contributed by atoms with Gasteiger partial charge in [-0.3, -0.25) is 0 Å². The average molecular weight is 198 g/mol. The summed E-state index contributed by atoms with van der Waals surface area (Å²) < 4.78 is 0. The zero-order valence-electron chi connectivity index (χ0n) is 10.1. The van der Waals surface area contributed by atoms with Crippen molar-refractivity contribution < 1.29 is 0 Å². The van der Waals surface area contributed by atoms with Gasteiger partial charge < -0.3 is 10.2 Å². The van der Waals surface area contributed by atoms with Crippen molar-refractivity contribution in [1.29, 1.82) is 0 Å². The molecule has 1 N–H and O–H groups in total. The van der Waals surface area contributed by atoms with Gasteiger partial charge in [-0.05, 0) is 25.9 Å². The predicted octanol–water partition coefficient (Wildman–Crippen LogP) is 2.13. The summed E-state index contributed by atoms with van der Waals surface area (Å²) in [5, 5.41) is 3.62. The summed E-state index contributed by atoms with van der Waals surface area (Å²) in [4.78, 5) is 2.43. The molecular formula is C12H26N2. The second-order valence-electron chi connectivity index (χ2n) is 3.95. The van der Waals surface area contributed by atoms with Gasteiger partial charge in [0.15, 0.2) is 0 Å². The molecular weight excluding hydrogens is 172 g/mol. The number of hydrogen-bond donors (Lipinski definition) is 1. The number of hydrogen-bond acceptors (Lipinski definition) is 2. The van der Waals surface area contributed by atoms with Gasteiger partial charge in [0.25, 0.3) is 0 Å². The minimum Gasteiger partial charge on any atom is -0.312 e. The topological polar surface area (TPSA) is 15.3 Å². The lowest BCUT2D eigenvalue weighted by Crippen LogP contribution is -2.36. The van der Waals surface area contributed by atoms with E-state index < -0.39 is 0 Å². The largest absolute Gasteiger partial charge is 0.312 e. The Morgan fingerprint density at radius 3 is 2.43 bits per heavy atom. The Kier molecular flexibility index (Phi) is 7.81. The van der Waals surface area contributed by atoms with Crippen molar-refractivity contribution in [3.8, 4) is 0 Å². The molecule has 2 atom stereocenters. The molecule has 0 aromatic rings. The Bertz CT molecular complexity index is 136. The number of likely N-dealkylation sites (tertiary alicyclic amines) is 1. The fourth-order valence-corrected chi connectivity index (χ4v) is 2.06. The molecule has 1 aliphatic rings. The van der Waals surface area contributed by atoms with Crippen molar-refractivity contribution in [2.45, 2.75) is 32.7 Å². The maximum absolute atomic E-state index is 3.62. The van der Waals surface area contributed by atoms with E-state index in [0.717, 1.165) is 12.0 Å². The van der Waals surface area contributed by atoms with E-state index >= 15 is 0 Å². The second-order valence-corrected chi connectivity index (χ2v) is 3.95. The summed E-state index contributed by atoms with van der Waals surface area (Å²) in [6.07, 6.45) is 2.56. The smallest absolute Gasteiger partial charge is 0.0235 e. The number of likely N-dealkylation sites (N-methyl/N-ethyl adjacent to an activating group) is 1. The summed E-state index contributed by atoms with van der Waals surface area (Å²) in [5.41, 5.74) is 0. The normalized spacial score (nSPS) is 27.1. The van der Waals surface area contributed by atoms with Gasteiger partial charge in [0.1, 0.15) is 0 Å². The zero-order chi connectivity index (χ0) is 11.0. The molecule has 0 spiro atoms. The average Bonchev–Trinajstić information content (AvgIpc) is 2.59. The SMILES string of the molecule is C=C.CCCNC1CN(C)CC1CC. The van der Waals surface area contributed by atoms with Crippen LogP contribution in [0.3, 0.4) is 0 Å². The van der Waals surface area contributed by atoms with Gasteiger partial charge in [0.05, 0.1) is 0 Å². The first-order chi connectivity index (χ1) is 6.77. The van der Waals surface area contributed by atoms with E-state index in [1.807, 2.05) is 0 Å². The van der Waals surface area contributed by atoms with E-state index in [1.54, 1.807) is 0 Å². The fourth-order valence-electron chi connectivity index (χ4n) is 2.06. The fraction of sp³-hybridized carbons (Fsp3) is 0.833. The Balaban J connectivity index is 0.000000791. The van der Waals surface area contributed by atoms with Gasteiger partial charge in [-0.1, -0.05) is 20.3 Å². The van der Waals surface area contributed by atoms with E-state index in [0.29, 0.717) is 0 Å². The molecule has 2 nitrogen and oxygen atoms in total. The third-order valence-electron chi connectivity index (χ3n) is 2.80. The van der Waals surface area contributed by atoms with Crippen LogP contribution in [0.5, 0.6) is 0 Å². The van der Waals surface area contributed by atoms with E-state index in [1.165, 1.54) is 32.5 Å². The molecule has 2 heteroatoms. The van der Waals surface area contributed by atoms with Gasteiger partial charge in [-0.2, -0.15) is 0 Å². The predicted molar refractivity (Wildman–Crippen MR) is 64.6 cm³/mol. The lowest BCUT2D eigenvalue weighted by Gasteiger charge is -2.17. The van der Waals surface area contributed by atoms with Crippen molar-refractivity contribution in [3.05, 3.63) is 13.2 Å². The zero-order valence-corrected chi connectivity index (χ0v) is 10.1. The maximum atomic E-state index is 3.62. The van der Waals surface area contributed by atoms with Gasteiger partial charge in [0, 0.05) is 19.1 Å². The monoisotopic (exact) mass is 198 g/mol. The molecule has 1 rings (SSSR count). The highest BCUT2D eigenvalue weighted by Crippen LogP contribution is 2.18. The molecule has 0 aliphatic carbocycles. The quantitative estimate of drug-likeness (QED) is 0.696. The van der Waals surface area contributed by atoms with Crippen molar-refractivity contribution in [2.24, 2.45) is 5.92 Å². The molecule has 0 saturated carbocycles. The number of rotatable bonds is 4. The minimum absolute atomic E-state index is 0.750. The molecule has 1 heterocycles. The summed E-state index contributed by atoms with van der Waals surface area (Å²) >= 11 is 0. The summed E-state index contributed by atoms with van der Waals surface area (Å²) in [6.45, 7) is 14.2. The Labute approximate surface area is 89.4 Å². The summed E-state index contributed by atoms with van der Waals surface area (Å²) in [7, 11) is 2.22. The first-order valence-corrected chi connectivity index (χ1v) is 5.69. The van der Waals surface area contributed by atoms with E-state index in [-0.39, 0.29) is 0 Å². The van der Waals surface area contributed by atoms with Gasteiger partial charge in [-0.25, -0.2) is 0 Å². The molecule has 0 radical (unpaired) electrons. The van der Waals surface area contributed by atoms with Gasteiger partial charge in [0.2, 0.25) is 0 Å². The number of nitrogens with one attached hydrogen (secondary N) is 1. The maximum Gasteiger partial charge on any atom is 0.0235 e. The van der Waals surface area contributed by atoms with Crippen LogP contribution in [0.4, 0.5) is 0 Å². The third-order valence-corrected chi connectivity index (χ3v) is 2.80. The molecule has 0 aromatic heterocycles. The lowest BCUT2D eigenvalue weighted by molar-refractivity contribution is 0.392. The Hall–Kier alpha value is -0.340. The van der Waals surface area contributed by atoms with Crippen LogP contribution in [-0.4, -0.2) is 37.6 Å². The van der Waals surface area contributed by atoms with Crippen LogP contribution in [0, 0.1) is 5.92 Å². The van der Waals surface area contributed by atoms with Crippen LogP contribution >= 0.6 is 0 Å². The van der Waals surface area contributed by atoms with Gasteiger partial charge >= 0.3 is 0 Å². The van der Waals surface area contributed by atoms with Crippen LogP contribution < -0.4 is 5.32 Å². The van der Waals surface area contributed by atoms with Crippen LogP contribution in [0.25, 0.3) is 0 Å². The highest BCUT2D eigenvalue weighted by Gasteiger charge is 2.28. The summed E-state index contributed by atoms with van der Waals surface area (Å²) in [6, 6.07) is 0.750. The highest BCUT2D eigenvalue weighted by atomic mass is 15.2. The first kappa shape index (κ1) is 13.7. The van der Waals surface area contributed by atoms with Crippen LogP contribution in [0.2, 0.25) is 0 Å². The Morgan fingerprint density at radius 2 is 1.93 bits per heavy atom. The third kappa shape index (κ3) is 4.25. The van der Waals surface area contributed by atoms with Crippen LogP contribution in [0.15, 0.2) is 13.2 Å². The van der Waals surface area contributed by atoms with Gasteiger partial charge in [-0.15, -0.1) is 13.2 Å². The first-order valence-electron chi connectivity index (χ1n) is 5.69. The lowest BCUT2D eigenvalue weighted by atomic mass is 10.0. The molecule has 84 valence electrons. The van der Waals surface area contributed by atoms with E-state index in [9.17, 15) is 0 Å². The van der Waals surface area contributed by atoms with E-state index in [2.05, 4.69) is 44.3 Å². The van der Waals surface area contributed by atoms with Crippen molar-refractivity contribution in [2.75, 3.05) is 26.7 Å². The van der Waals surface area contributed by atoms with Crippen molar-refractivity contribution >= 4 is 0 Å². The Morgan fingerprint density at radius 1 is 1.29 bits per heavy atom. The molecule has 2 unspecified atom stereocenters. The molecule has 1 aliphatic heterocycles. The number of nitrogens with zero attached hydrogens (tertiary/aromatic N) is 1. The van der Waals surface area contributed by atoms with Crippen LogP contribution in [0.1, 0.15) is 26.7 Å². The van der Waals surface area contributed by atoms with E-state index in [4.69, 9.17) is 0 Å². The van der Waals surface area contributed by atoms with Crippen molar-refractivity contribution in [3.63, 3.8) is 0 Å². The highest BCUT2D eigenvalue weighted by molar-refractivity contribution is 4.86. The minimum atomic E-state index is 0.750. The molecule has 1 fully saturated rings. The molecule has 0 bridgehead atoms. The molecule has 1 saturated heterocycles.